The zero-order valence-electron chi connectivity index (χ0n) is 21.1. The molecule has 37 heavy (non-hydrogen) atoms. The quantitative estimate of drug-likeness (QED) is 0.416. The van der Waals surface area contributed by atoms with Crippen LogP contribution >= 0.6 is 34.8 Å². The molecule has 2 aromatic rings. The molecule has 1 atom stereocenters. The van der Waals surface area contributed by atoms with Crippen LogP contribution in [0.1, 0.15) is 49.8 Å². The van der Waals surface area contributed by atoms with Gasteiger partial charge in [-0.3, -0.25) is 4.79 Å². The summed E-state index contributed by atoms with van der Waals surface area (Å²) in [6.07, 6.45) is 6.35. The minimum Gasteiger partial charge on any atom is -0.481 e. The Balaban J connectivity index is 1.17. The average Bonchev–Trinajstić information content (AvgIpc) is 2.85. The molecule has 3 aliphatic rings. The zero-order chi connectivity index (χ0) is 26.1. The first-order chi connectivity index (χ1) is 17.8. The molecule has 1 unspecified atom stereocenters. The van der Waals surface area contributed by atoms with Gasteiger partial charge in [-0.1, -0.05) is 40.9 Å². The minimum atomic E-state index is -0.635. The Morgan fingerprint density at radius 2 is 1.84 bits per heavy atom. The molecule has 1 aromatic heterocycles. The van der Waals surface area contributed by atoms with Gasteiger partial charge in [0.25, 0.3) is 0 Å². The van der Waals surface area contributed by atoms with Crippen molar-refractivity contribution in [3.8, 4) is 0 Å². The van der Waals surface area contributed by atoms with Crippen LogP contribution in [0.15, 0.2) is 18.2 Å². The number of nitrogens with zero attached hydrogens (tertiary/aromatic N) is 4. The van der Waals surface area contributed by atoms with E-state index < -0.39 is 5.97 Å². The Labute approximate surface area is 233 Å². The SMILES string of the molecule is Cc1nc(N2CCC(C3CCCN(C4CC(C(=O)O)C4)C3)CC2)nc(NCc2ccc(Cl)cc2Cl)c1Cl. The summed E-state index contributed by atoms with van der Waals surface area (Å²) in [5.41, 5.74) is 1.67. The maximum absolute atomic E-state index is 11.2. The van der Waals surface area contributed by atoms with Gasteiger partial charge in [-0.2, -0.15) is 4.98 Å². The lowest BCUT2D eigenvalue weighted by atomic mass is 9.75. The zero-order valence-corrected chi connectivity index (χ0v) is 23.4. The normalized spacial score (nSPS) is 25.1. The minimum absolute atomic E-state index is 0.140. The van der Waals surface area contributed by atoms with Crippen molar-refractivity contribution in [2.75, 3.05) is 36.4 Å². The maximum atomic E-state index is 11.2. The third kappa shape index (κ3) is 6.11. The van der Waals surface area contributed by atoms with Crippen molar-refractivity contribution in [1.29, 1.82) is 0 Å². The van der Waals surface area contributed by atoms with Gasteiger partial charge in [0, 0.05) is 42.3 Å². The standard InChI is InChI=1S/C27H34Cl3N5O2/c1-16-24(30)25(31-14-18-4-5-21(28)13-23(18)29)33-27(32-16)34-9-6-17(7-10-34)19-3-2-8-35(15-19)22-11-20(12-22)26(36)37/h4-5,13,17,19-20,22H,2-3,6-12,14-15H2,1H3,(H,36,37)(H,31,32,33). The fourth-order valence-electron chi connectivity index (χ4n) is 6.06. The summed E-state index contributed by atoms with van der Waals surface area (Å²) < 4.78 is 0. The number of aromatic nitrogens is 2. The number of carboxylic acids is 1. The first kappa shape index (κ1) is 26.8. The van der Waals surface area contributed by atoms with E-state index in [4.69, 9.17) is 44.8 Å². The number of anilines is 2. The largest absolute Gasteiger partial charge is 0.481 e. The number of benzene rings is 1. The molecule has 3 heterocycles. The van der Waals surface area contributed by atoms with Crippen LogP contribution in [0.3, 0.4) is 0 Å². The van der Waals surface area contributed by atoms with E-state index in [1.807, 2.05) is 19.1 Å². The van der Waals surface area contributed by atoms with Crippen molar-refractivity contribution in [3.63, 3.8) is 0 Å². The van der Waals surface area contributed by atoms with Gasteiger partial charge in [0.1, 0.15) is 5.02 Å². The summed E-state index contributed by atoms with van der Waals surface area (Å²) in [6.45, 7) is 6.47. The van der Waals surface area contributed by atoms with E-state index >= 15 is 0 Å². The highest BCUT2D eigenvalue weighted by Crippen LogP contribution is 2.38. The summed E-state index contributed by atoms with van der Waals surface area (Å²) >= 11 is 18.9. The number of aryl methyl sites for hydroxylation is 1. The molecule has 5 rings (SSSR count). The van der Waals surface area contributed by atoms with Gasteiger partial charge >= 0.3 is 5.97 Å². The second-order valence-electron chi connectivity index (χ2n) is 10.7. The molecule has 7 nitrogen and oxygen atoms in total. The summed E-state index contributed by atoms with van der Waals surface area (Å²) in [4.78, 5) is 25.5. The van der Waals surface area contributed by atoms with Crippen molar-refractivity contribution in [3.05, 3.63) is 44.5 Å². The number of hydrogen-bond acceptors (Lipinski definition) is 6. The third-order valence-corrected chi connectivity index (χ3v) is 9.46. The molecule has 0 radical (unpaired) electrons. The molecule has 1 aromatic carbocycles. The highest BCUT2D eigenvalue weighted by Gasteiger charge is 2.40. The van der Waals surface area contributed by atoms with Crippen LogP contribution in [0.4, 0.5) is 11.8 Å². The molecule has 3 fully saturated rings. The first-order valence-corrected chi connectivity index (χ1v) is 14.4. The summed E-state index contributed by atoms with van der Waals surface area (Å²) in [6, 6.07) is 5.90. The number of hydrogen-bond donors (Lipinski definition) is 2. The molecule has 1 saturated carbocycles. The van der Waals surface area contributed by atoms with Crippen LogP contribution in [0.25, 0.3) is 0 Å². The highest BCUT2D eigenvalue weighted by molar-refractivity contribution is 6.35. The molecule has 0 spiro atoms. The first-order valence-electron chi connectivity index (χ1n) is 13.2. The number of aliphatic carboxylic acids is 1. The predicted molar refractivity (Wildman–Crippen MR) is 149 cm³/mol. The topological polar surface area (TPSA) is 81.6 Å². The van der Waals surface area contributed by atoms with Crippen LogP contribution in [0, 0.1) is 24.7 Å². The van der Waals surface area contributed by atoms with E-state index in [-0.39, 0.29) is 5.92 Å². The lowest BCUT2D eigenvalue weighted by molar-refractivity contribution is -0.147. The number of piperidine rings is 2. The maximum Gasteiger partial charge on any atom is 0.306 e. The van der Waals surface area contributed by atoms with Crippen LogP contribution in [0.2, 0.25) is 15.1 Å². The summed E-state index contributed by atoms with van der Waals surface area (Å²) in [7, 11) is 0. The highest BCUT2D eigenvalue weighted by atomic mass is 35.5. The Morgan fingerprint density at radius 3 is 2.54 bits per heavy atom. The lowest BCUT2D eigenvalue weighted by Crippen LogP contribution is -2.52. The predicted octanol–water partition coefficient (Wildman–Crippen LogP) is 6.15. The van der Waals surface area contributed by atoms with Crippen molar-refractivity contribution >= 4 is 52.5 Å². The van der Waals surface area contributed by atoms with Crippen LogP contribution in [-0.2, 0) is 11.3 Å². The molecule has 0 bridgehead atoms. The van der Waals surface area contributed by atoms with Gasteiger partial charge in [-0.15, -0.1) is 0 Å². The van der Waals surface area contributed by atoms with Crippen molar-refractivity contribution in [2.24, 2.45) is 17.8 Å². The average molecular weight is 567 g/mol. The van der Waals surface area contributed by atoms with Crippen molar-refractivity contribution in [2.45, 2.75) is 58.0 Å². The molecule has 1 aliphatic carbocycles. The number of carbonyl (C=O) groups is 1. The van der Waals surface area contributed by atoms with E-state index in [0.29, 0.717) is 51.3 Å². The number of carboxylic acid groups (broad SMARTS) is 1. The van der Waals surface area contributed by atoms with Crippen molar-refractivity contribution in [1.82, 2.24) is 14.9 Å². The molecule has 2 N–H and O–H groups in total. The molecular weight excluding hydrogens is 533 g/mol. The second-order valence-corrected chi connectivity index (χ2v) is 12.0. The number of likely N-dealkylation sites (tertiary alicyclic amines) is 1. The van der Waals surface area contributed by atoms with E-state index in [9.17, 15) is 9.90 Å². The fourth-order valence-corrected chi connectivity index (χ4v) is 6.69. The molecule has 10 heteroatoms. The monoisotopic (exact) mass is 565 g/mol. The molecular formula is C27H34Cl3N5O2. The van der Waals surface area contributed by atoms with Gasteiger partial charge < -0.3 is 20.2 Å². The fraction of sp³-hybridized carbons (Fsp3) is 0.593. The van der Waals surface area contributed by atoms with Gasteiger partial charge in [0.15, 0.2) is 5.82 Å². The van der Waals surface area contributed by atoms with E-state index in [1.54, 1.807) is 6.07 Å². The van der Waals surface area contributed by atoms with E-state index in [1.165, 1.54) is 12.8 Å². The molecule has 2 saturated heterocycles. The number of rotatable bonds is 7. The second kappa shape index (κ2) is 11.5. The summed E-state index contributed by atoms with van der Waals surface area (Å²) in [5.74, 6) is 1.93. The Kier molecular flexibility index (Phi) is 8.34. The Hall–Kier alpha value is -1.80. The molecule has 200 valence electrons. The van der Waals surface area contributed by atoms with Crippen LogP contribution in [0.5, 0.6) is 0 Å². The molecule has 0 amide bonds. The van der Waals surface area contributed by atoms with Gasteiger partial charge in [-0.25, -0.2) is 4.98 Å². The summed E-state index contributed by atoms with van der Waals surface area (Å²) in [5, 5.41) is 14.3. The van der Waals surface area contributed by atoms with E-state index in [0.717, 1.165) is 63.1 Å². The van der Waals surface area contributed by atoms with Gasteiger partial charge in [0.05, 0.1) is 11.6 Å². The number of nitrogens with one attached hydrogen (secondary N) is 1. The number of halogens is 3. The molecule has 2 aliphatic heterocycles. The van der Waals surface area contributed by atoms with Crippen molar-refractivity contribution < 1.29 is 9.90 Å². The van der Waals surface area contributed by atoms with Gasteiger partial charge in [0.2, 0.25) is 5.95 Å². The van der Waals surface area contributed by atoms with Crippen LogP contribution in [-0.4, -0.2) is 58.2 Å². The smallest absolute Gasteiger partial charge is 0.306 e. The van der Waals surface area contributed by atoms with E-state index in [2.05, 4.69) is 15.1 Å². The Morgan fingerprint density at radius 1 is 1.08 bits per heavy atom. The Bertz CT molecular complexity index is 1140. The lowest BCUT2D eigenvalue weighted by Gasteiger charge is -2.47. The van der Waals surface area contributed by atoms with Crippen LogP contribution < -0.4 is 10.2 Å². The van der Waals surface area contributed by atoms with Gasteiger partial charge in [-0.05, 0) is 81.5 Å². The third-order valence-electron chi connectivity index (χ3n) is 8.42.